The second-order valence-corrected chi connectivity index (χ2v) is 6.88. The number of amides is 1. The highest BCUT2D eigenvalue weighted by Gasteiger charge is 2.20. The number of nitrogens with zero attached hydrogens (tertiary/aromatic N) is 1. The molecule has 0 fully saturated rings. The number of fused-ring (bicyclic) bond motifs is 3. The fourth-order valence-electron chi connectivity index (χ4n) is 3.19. The SMILES string of the molecule is C[C@@H]1CCc2[nH]c3ccc(C(=O)Nc4nccs4)cc3c2C1. The van der Waals surface area contributed by atoms with Crippen molar-refractivity contribution >= 4 is 33.3 Å². The number of anilines is 1. The topological polar surface area (TPSA) is 57.8 Å². The van der Waals surface area contributed by atoms with Gasteiger partial charge >= 0.3 is 0 Å². The maximum Gasteiger partial charge on any atom is 0.257 e. The molecule has 3 aromatic rings. The first-order valence-corrected chi connectivity index (χ1v) is 8.43. The lowest BCUT2D eigenvalue weighted by Crippen LogP contribution is -2.12. The van der Waals surface area contributed by atoms with E-state index in [2.05, 4.69) is 22.2 Å². The van der Waals surface area contributed by atoms with Crippen molar-refractivity contribution in [1.29, 1.82) is 0 Å². The van der Waals surface area contributed by atoms with Crippen LogP contribution in [0.2, 0.25) is 0 Å². The molecule has 0 bridgehead atoms. The number of carbonyl (C=O) groups is 1. The van der Waals surface area contributed by atoms with Crippen LogP contribution in [0.15, 0.2) is 29.8 Å². The van der Waals surface area contributed by atoms with Gasteiger partial charge in [0.15, 0.2) is 5.13 Å². The number of carbonyl (C=O) groups excluding carboxylic acids is 1. The van der Waals surface area contributed by atoms with E-state index >= 15 is 0 Å². The molecule has 1 aliphatic carbocycles. The van der Waals surface area contributed by atoms with Gasteiger partial charge in [-0.05, 0) is 48.9 Å². The molecule has 1 aromatic carbocycles. The highest BCUT2D eigenvalue weighted by Crippen LogP contribution is 2.32. The Kier molecular flexibility index (Phi) is 3.22. The Labute approximate surface area is 132 Å². The van der Waals surface area contributed by atoms with Crippen LogP contribution >= 0.6 is 11.3 Å². The summed E-state index contributed by atoms with van der Waals surface area (Å²) in [7, 11) is 0. The number of thiazole rings is 1. The van der Waals surface area contributed by atoms with E-state index in [4.69, 9.17) is 0 Å². The van der Waals surface area contributed by atoms with E-state index < -0.39 is 0 Å². The van der Waals surface area contributed by atoms with Crippen molar-refractivity contribution in [2.45, 2.75) is 26.2 Å². The van der Waals surface area contributed by atoms with Crippen molar-refractivity contribution in [2.75, 3.05) is 5.32 Å². The van der Waals surface area contributed by atoms with Crippen LogP contribution in [0.3, 0.4) is 0 Å². The van der Waals surface area contributed by atoms with E-state index in [0.29, 0.717) is 16.6 Å². The molecule has 2 aromatic heterocycles. The second kappa shape index (κ2) is 5.25. The Morgan fingerprint density at radius 2 is 2.36 bits per heavy atom. The van der Waals surface area contributed by atoms with Gasteiger partial charge in [-0.15, -0.1) is 11.3 Å². The van der Waals surface area contributed by atoms with Crippen molar-refractivity contribution in [3.63, 3.8) is 0 Å². The molecule has 2 N–H and O–H groups in total. The molecule has 22 heavy (non-hydrogen) atoms. The maximum absolute atomic E-state index is 12.4. The molecule has 4 nitrogen and oxygen atoms in total. The molecule has 0 spiro atoms. The fraction of sp³-hybridized carbons (Fsp3) is 0.294. The summed E-state index contributed by atoms with van der Waals surface area (Å²) < 4.78 is 0. The van der Waals surface area contributed by atoms with Crippen LogP contribution in [0.25, 0.3) is 10.9 Å². The molecule has 0 saturated carbocycles. The standard InChI is InChI=1S/C17H17N3OS/c1-10-2-4-14-12(8-10)13-9-11(3-5-15(13)19-14)16(21)20-17-18-6-7-22-17/h3,5-7,9-10,19H,2,4,8H2,1H3,(H,18,20,21)/t10-/m1/s1. The molecule has 0 aliphatic heterocycles. The Morgan fingerprint density at radius 1 is 1.45 bits per heavy atom. The quantitative estimate of drug-likeness (QED) is 0.751. The fourth-order valence-corrected chi connectivity index (χ4v) is 3.71. The number of hydrogen-bond donors (Lipinski definition) is 2. The molecule has 5 heteroatoms. The number of aryl methyl sites for hydroxylation is 1. The summed E-state index contributed by atoms with van der Waals surface area (Å²) in [5, 5.41) is 6.51. The zero-order valence-electron chi connectivity index (χ0n) is 12.3. The lowest BCUT2D eigenvalue weighted by molar-refractivity contribution is 0.102. The third kappa shape index (κ3) is 2.31. The van der Waals surface area contributed by atoms with Gasteiger partial charge in [-0.2, -0.15) is 0 Å². The molecular formula is C17H17N3OS. The van der Waals surface area contributed by atoms with Crippen LogP contribution in [-0.4, -0.2) is 15.9 Å². The van der Waals surface area contributed by atoms with Crippen molar-refractivity contribution < 1.29 is 4.79 Å². The van der Waals surface area contributed by atoms with Crippen molar-refractivity contribution in [1.82, 2.24) is 9.97 Å². The van der Waals surface area contributed by atoms with E-state index in [1.54, 1.807) is 6.20 Å². The molecule has 4 rings (SSSR count). The predicted octanol–water partition coefficient (Wildman–Crippen LogP) is 4.00. The Balaban J connectivity index is 1.71. The second-order valence-electron chi connectivity index (χ2n) is 5.98. The monoisotopic (exact) mass is 311 g/mol. The van der Waals surface area contributed by atoms with Gasteiger partial charge in [0.1, 0.15) is 0 Å². The van der Waals surface area contributed by atoms with Crippen LogP contribution < -0.4 is 5.32 Å². The van der Waals surface area contributed by atoms with Gasteiger partial charge in [-0.1, -0.05) is 6.92 Å². The van der Waals surface area contributed by atoms with Gasteiger partial charge in [0.05, 0.1) is 0 Å². The third-order valence-electron chi connectivity index (χ3n) is 4.35. The van der Waals surface area contributed by atoms with E-state index in [1.807, 2.05) is 23.6 Å². The number of H-pyrrole nitrogens is 1. The lowest BCUT2D eigenvalue weighted by Gasteiger charge is -2.18. The lowest BCUT2D eigenvalue weighted by atomic mass is 9.87. The van der Waals surface area contributed by atoms with Gasteiger partial charge in [-0.3, -0.25) is 10.1 Å². The molecule has 2 heterocycles. The molecular weight excluding hydrogens is 294 g/mol. The first kappa shape index (κ1) is 13.5. The predicted molar refractivity (Wildman–Crippen MR) is 89.6 cm³/mol. The van der Waals surface area contributed by atoms with Crippen molar-refractivity contribution in [3.05, 3.63) is 46.6 Å². The minimum atomic E-state index is -0.101. The van der Waals surface area contributed by atoms with Gasteiger partial charge in [0.25, 0.3) is 5.91 Å². The maximum atomic E-state index is 12.4. The van der Waals surface area contributed by atoms with E-state index in [1.165, 1.54) is 34.4 Å². The molecule has 0 unspecified atom stereocenters. The average molecular weight is 311 g/mol. The van der Waals surface area contributed by atoms with Crippen LogP contribution in [0.1, 0.15) is 35.0 Å². The minimum Gasteiger partial charge on any atom is -0.358 e. The van der Waals surface area contributed by atoms with Crippen LogP contribution in [0.5, 0.6) is 0 Å². The summed E-state index contributed by atoms with van der Waals surface area (Å²) in [4.78, 5) is 20.0. The van der Waals surface area contributed by atoms with Gasteiger partial charge in [0.2, 0.25) is 0 Å². The molecule has 1 aliphatic rings. The van der Waals surface area contributed by atoms with Gasteiger partial charge < -0.3 is 4.98 Å². The Hall–Kier alpha value is -2.14. The summed E-state index contributed by atoms with van der Waals surface area (Å²) in [6.45, 7) is 2.29. The summed E-state index contributed by atoms with van der Waals surface area (Å²) >= 11 is 1.43. The Bertz CT molecular complexity index is 835. The van der Waals surface area contributed by atoms with E-state index in [0.717, 1.165) is 18.4 Å². The van der Waals surface area contributed by atoms with E-state index in [-0.39, 0.29) is 5.91 Å². The zero-order valence-corrected chi connectivity index (χ0v) is 13.2. The third-order valence-corrected chi connectivity index (χ3v) is 5.04. The first-order valence-electron chi connectivity index (χ1n) is 7.55. The number of nitrogens with one attached hydrogen (secondary N) is 2. The number of rotatable bonds is 2. The Morgan fingerprint density at radius 3 is 3.18 bits per heavy atom. The highest BCUT2D eigenvalue weighted by atomic mass is 32.1. The molecule has 112 valence electrons. The van der Waals surface area contributed by atoms with Crippen molar-refractivity contribution in [2.24, 2.45) is 5.92 Å². The average Bonchev–Trinajstić information content (AvgIpc) is 3.14. The number of hydrogen-bond acceptors (Lipinski definition) is 3. The molecule has 0 saturated heterocycles. The summed E-state index contributed by atoms with van der Waals surface area (Å²) in [6, 6.07) is 5.89. The van der Waals surface area contributed by atoms with Gasteiger partial charge in [0, 0.05) is 33.7 Å². The van der Waals surface area contributed by atoms with Crippen molar-refractivity contribution in [3.8, 4) is 0 Å². The highest BCUT2D eigenvalue weighted by molar-refractivity contribution is 7.13. The number of benzene rings is 1. The first-order chi connectivity index (χ1) is 10.7. The summed E-state index contributed by atoms with van der Waals surface area (Å²) in [6.07, 6.45) is 5.11. The largest absolute Gasteiger partial charge is 0.358 e. The molecule has 1 amide bonds. The molecule has 1 atom stereocenters. The zero-order chi connectivity index (χ0) is 15.1. The summed E-state index contributed by atoms with van der Waals surface area (Å²) in [5.41, 5.74) is 4.54. The van der Waals surface area contributed by atoms with E-state index in [9.17, 15) is 4.79 Å². The van der Waals surface area contributed by atoms with Gasteiger partial charge in [-0.25, -0.2) is 4.98 Å². The number of aromatic nitrogens is 2. The minimum absolute atomic E-state index is 0.101. The smallest absolute Gasteiger partial charge is 0.257 e. The normalized spacial score (nSPS) is 17.4. The molecule has 0 radical (unpaired) electrons. The summed E-state index contributed by atoms with van der Waals surface area (Å²) in [5.74, 6) is 0.606. The van der Waals surface area contributed by atoms with Crippen LogP contribution in [0, 0.1) is 5.92 Å². The number of aromatic amines is 1. The van der Waals surface area contributed by atoms with Crippen LogP contribution in [0.4, 0.5) is 5.13 Å². The van der Waals surface area contributed by atoms with Crippen LogP contribution in [-0.2, 0) is 12.8 Å².